The van der Waals surface area contributed by atoms with Gasteiger partial charge in [-0.15, -0.1) is 12.4 Å². The largest absolute Gasteiger partial charge is 0.339 e. The first-order valence-corrected chi connectivity index (χ1v) is 8.37. The van der Waals surface area contributed by atoms with Gasteiger partial charge in [0.05, 0.1) is 0 Å². The van der Waals surface area contributed by atoms with E-state index in [1.807, 2.05) is 24.3 Å². The average Bonchev–Trinajstić information content (AvgIpc) is 3.05. The fourth-order valence-electron chi connectivity index (χ4n) is 3.58. The van der Waals surface area contributed by atoms with Crippen molar-refractivity contribution in [2.75, 3.05) is 0 Å². The first-order valence-electron chi connectivity index (χ1n) is 8.37. The summed E-state index contributed by atoms with van der Waals surface area (Å²) in [6, 6.07) is 14.7. The first kappa shape index (κ1) is 16.9. The maximum absolute atomic E-state index is 6.23. The fraction of sp³-hybridized carbons (Fsp3) is 0.368. The fourth-order valence-corrected chi connectivity index (χ4v) is 3.58. The zero-order valence-corrected chi connectivity index (χ0v) is 14.3. The summed E-state index contributed by atoms with van der Waals surface area (Å²) in [5.41, 5.74) is 7.25. The van der Waals surface area contributed by atoms with Crippen LogP contribution >= 0.6 is 12.4 Å². The van der Waals surface area contributed by atoms with Gasteiger partial charge in [-0.1, -0.05) is 60.5 Å². The van der Waals surface area contributed by atoms with Crippen molar-refractivity contribution in [3.05, 3.63) is 48.4 Å². The number of hydrogen-bond donors (Lipinski definition) is 1. The predicted octanol–water partition coefficient (Wildman–Crippen LogP) is 4.37. The van der Waals surface area contributed by atoms with E-state index in [1.54, 1.807) is 0 Å². The van der Waals surface area contributed by atoms with Crippen molar-refractivity contribution in [2.45, 2.75) is 38.1 Å². The number of hydrogen-bond acceptors (Lipinski definition) is 4. The molecule has 126 valence electrons. The quantitative estimate of drug-likeness (QED) is 0.766. The summed E-state index contributed by atoms with van der Waals surface area (Å²) < 4.78 is 5.50. The Hall–Kier alpha value is -1.91. The van der Waals surface area contributed by atoms with E-state index >= 15 is 0 Å². The maximum atomic E-state index is 6.23. The molecule has 2 aromatic carbocycles. The van der Waals surface area contributed by atoms with Crippen LogP contribution in [0.5, 0.6) is 0 Å². The zero-order chi connectivity index (χ0) is 15.6. The van der Waals surface area contributed by atoms with E-state index in [4.69, 9.17) is 10.3 Å². The smallest absolute Gasteiger partial charge is 0.227 e. The van der Waals surface area contributed by atoms with Crippen LogP contribution in [-0.2, 0) is 6.42 Å². The second-order valence-electron chi connectivity index (χ2n) is 6.45. The van der Waals surface area contributed by atoms with Crippen LogP contribution in [0, 0.1) is 5.92 Å². The predicted molar refractivity (Wildman–Crippen MR) is 98.1 cm³/mol. The summed E-state index contributed by atoms with van der Waals surface area (Å²) in [6.45, 7) is 0. The number of fused-ring (bicyclic) bond motifs is 1. The molecule has 4 rings (SSSR count). The molecule has 2 N–H and O–H groups in total. The molecule has 24 heavy (non-hydrogen) atoms. The highest BCUT2D eigenvalue weighted by Gasteiger charge is 2.24. The van der Waals surface area contributed by atoms with Crippen LogP contribution in [0.4, 0.5) is 0 Å². The number of aromatic nitrogens is 2. The van der Waals surface area contributed by atoms with Crippen molar-refractivity contribution in [2.24, 2.45) is 11.7 Å². The van der Waals surface area contributed by atoms with Gasteiger partial charge < -0.3 is 10.3 Å². The molecule has 4 nitrogen and oxygen atoms in total. The molecule has 0 amide bonds. The minimum Gasteiger partial charge on any atom is -0.339 e. The molecule has 0 spiro atoms. The van der Waals surface area contributed by atoms with Crippen LogP contribution in [0.25, 0.3) is 22.2 Å². The SMILES string of the molecule is Cl.NC1CCCCC1Cc1nc(-c2cccc3ccccc23)no1. The molecule has 5 heteroatoms. The molecule has 1 heterocycles. The summed E-state index contributed by atoms with van der Waals surface area (Å²) in [7, 11) is 0. The molecule has 1 saturated carbocycles. The van der Waals surface area contributed by atoms with Crippen LogP contribution < -0.4 is 5.73 Å². The van der Waals surface area contributed by atoms with Crippen molar-refractivity contribution in [3.8, 4) is 11.4 Å². The average molecular weight is 344 g/mol. The molecule has 2 atom stereocenters. The summed E-state index contributed by atoms with van der Waals surface area (Å²) in [4.78, 5) is 4.63. The molecular weight excluding hydrogens is 322 g/mol. The third kappa shape index (κ3) is 3.30. The Labute approximate surface area is 147 Å². The third-order valence-corrected chi connectivity index (χ3v) is 4.90. The molecule has 1 fully saturated rings. The van der Waals surface area contributed by atoms with Gasteiger partial charge in [-0.05, 0) is 29.5 Å². The van der Waals surface area contributed by atoms with Gasteiger partial charge in [0.15, 0.2) is 0 Å². The highest BCUT2D eigenvalue weighted by Crippen LogP contribution is 2.29. The number of benzene rings is 2. The number of halogens is 1. The Kier molecular flexibility index (Phi) is 5.17. The molecule has 0 saturated heterocycles. The molecule has 1 aliphatic rings. The summed E-state index contributed by atoms with van der Waals surface area (Å²) >= 11 is 0. The normalized spacial score (nSPS) is 20.7. The highest BCUT2D eigenvalue weighted by molar-refractivity contribution is 5.94. The summed E-state index contributed by atoms with van der Waals surface area (Å²) in [6.07, 6.45) is 5.55. The van der Waals surface area contributed by atoms with Gasteiger partial charge in [-0.2, -0.15) is 4.98 Å². The molecule has 0 bridgehead atoms. The van der Waals surface area contributed by atoms with Gasteiger partial charge >= 0.3 is 0 Å². The summed E-state index contributed by atoms with van der Waals surface area (Å²) in [5.74, 6) is 1.83. The lowest BCUT2D eigenvalue weighted by Crippen LogP contribution is -2.34. The third-order valence-electron chi connectivity index (χ3n) is 4.90. The van der Waals surface area contributed by atoms with E-state index in [0.717, 1.165) is 30.2 Å². The van der Waals surface area contributed by atoms with Gasteiger partial charge in [-0.3, -0.25) is 0 Å². The Morgan fingerprint density at radius 1 is 1.04 bits per heavy atom. The van der Waals surface area contributed by atoms with Crippen molar-refractivity contribution >= 4 is 23.2 Å². The van der Waals surface area contributed by atoms with Crippen molar-refractivity contribution in [1.82, 2.24) is 10.1 Å². The highest BCUT2D eigenvalue weighted by atomic mass is 35.5. The Morgan fingerprint density at radius 3 is 2.71 bits per heavy atom. The Balaban J connectivity index is 0.00000169. The van der Waals surface area contributed by atoms with Crippen LogP contribution in [0.15, 0.2) is 47.0 Å². The standard InChI is InChI=1S/C19H21N3O.ClH/c20-17-11-4-2-7-14(17)12-18-21-19(22-23-18)16-10-5-8-13-6-1-3-9-15(13)16;/h1,3,5-6,8-10,14,17H,2,4,7,11-12,20H2;1H. The lowest BCUT2D eigenvalue weighted by Gasteiger charge is -2.27. The maximum Gasteiger partial charge on any atom is 0.227 e. The monoisotopic (exact) mass is 343 g/mol. The lowest BCUT2D eigenvalue weighted by molar-refractivity contribution is 0.273. The van der Waals surface area contributed by atoms with E-state index in [9.17, 15) is 0 Å². The minimum absolute atomic E-state index is 0. The van der Waals surface area contributed by atoms with Crippen molar-refractivity contribution in [1.29, 1.82) is 0 Å². The molecule has 0 aliphatic heterocycles. The van der Waals surface area contributed by atoms with Gasteiger partial charge in [0.2, 0.25) is 11.7 Å². The van der Waals surface area contributed by atoms with Crippen LogP contribution in [0.1, 0.15) is 31.6 Å². The molecule has 1 aliphatic carbocycles. The van der Waals surface area contributed by atoms with Crippen LogP contribution in [0.2, 0.25) is 0 Å². The van der Waals surface area contributed by atoms with E-state index in [0.29, 0.717) is 17.6 Å². The van der Waals surface area contributed by atoms with E-state index in [2.05, 4.69) is 28.3 Å². The zero-order valence-electron chi connectivity index (χ0n) is 13.5. The number of nitrogens with two attached hydrogens (primary N) is 1. The van der Waals surface area contributed by atoms with Crippen molar-refractivity contribution in [3.63, 3.8) is 0 Å². The number of nitrogens with zero attached hydrogens (tertiary/aromatic N) is 2. The Bertz CT molecular complexity index is 812. The molecular formula is C19H22ClN3O. The second kappa shape index (κ2) is 7.32. The molecule has 2 unspecified atom stereocenters. The molecule has 3 aromatic rings. The van der Waals surface area contributed by atoms with E-state index in [-0.39, 0.29) is 18.4 Å². The van der Waals surface area contributed by atoms with Crippen molar-refractivity contribution < 1.29 is 4.52 Å². The Morgan fingerprint density at radius 2 is 1.83 bits per heavy atom. The number of rotatable bonds is 3. The van der Waals surface area contributed by atoms with E-state index < -0.39 is 0 Å². The van der Waals surface area contributed by atoms with Crippen LogP contribution in [0.3, 0.4) is 0 Å². The topological polar surface area (TPSA) is 64.9 Å². The minimum atomic E-state index is 0. The molecule has 1 aromatic heterocycles. The van der Waals surface area contributed by atoms with E-state index in [1.165, 1.54) is 18.2 Å². The van der Waals surface area contributed by atoms with Gasteiger partial charge in [-0.25, -0.2) is 0 Å². The van der Waals surface area contributed by atoms with Gasteiger partial charge in [0.25, 0.3) is 0 Å². The van der Waals surface area contributed by atoms with Crippen LogP contribution in [-0.4, -0.2) is 16.2 Å². The molecule has 0 radical (unpaired) electrons. The van der Waals surface area contributed by atoms with Gasteiger partial charge in [0, 0.05) is 18.0 Å². The second-order valence-corrected chi connectivity index (χ2v) is 6.45. The van der Waals surface area contributed by atoms with Gasteiger partial charge in [0.1, 0.15) is 0 Å². The lowest BCUT2D eigenvalue weighted by atomic mass is 9.83. The summed E-state index contributed by atoms with van der Waals surface area (Å²) in [5, 5.41) is 6.54. The first-order chi connectivity index (χ1) is 11.3.